The highest BCUT2D eigenvalue weighted by molar-refractivity contribution is 5.42. The molecule has 2 heteroatoms. The van der Waals surface area contributed by atoms with Crippen molar-refractivity contribution < 1.29 is 21.2 Å². The summed E-state index contributed by atoms with van der Waals surface area (Å²) in [7, 11) is 0. The van der Waals surface area contributed by atoms with E-state index in [0.29, 0.717) is 0 Å². The van der Waals surface area contributed by atoms with Crippen LogP contribution >= 0.6 is 0 Å². The van der Waals surface area contributed by atoms with E-state index in [1.165, 1.54) is 53.9 Å². The summed E-state index contributed by atoms with van der Waals surface area (Å²) in [4.78, 5) is 4.78. The van der Waals surface area contributed by atoms with Crippen LogP contribution in [0.3, 0.4) is 0 Å². The molecule has 22 heavy (non-hydrogen) atoms. The molecule has 0 bridgehead atoms. The summed E-state index contributed by atoms with van der Waals surface area (Å²) in [5.74, 6) is 0. The van der Waals surface area contributed by atoms with Gasteiger partial charge in [-0.1, -0.05) is 0 Å². The summed E-state index contributed by atoms with van der Waals surface area (Å²) in [5, 5.41) is 0. The van der Waals surface area contributed by atoms with E-state index in [-0.39, 0.29) is 21.2 Å². The van der Waals surface area contributed by atoms with Gasteiger partial charge in [-0.3, -0.25) is 4.98 Å². The van der Waals surface area contributed by atoms with Crippen molar-refractivity contribution in [3.63, 3.8) is 0 Å². The molecule has 0 atom stereocenters. The molecule has 0 spiro atoms. The van der Waals surface area contributed by atoms with Gasteiger partial charge in [0.15, 0.2) is 0 Å². The lowest BCUT2D eigenvalue weighted by Crippen LogP contribution is -3.62. The van der Waals surface area contributed by atoms with E-state index >= 15 is 0 Å². The minimum absolute atomic E-state index is 0.197. The van der Waals surface area contributed by atoms with Gasteiger partial charge in [0.2, 0.25) is 7.14 Å². The van der Waals surface area contributed by atoms with Crippen LogP contribution in [-0.4, -0.2) is 4.98 Å². The first-order chi connectivity index (χ1) is 10.2. The number of rotatable bonds is 2. The Bertz CT molecular complexity index is 728. The van der Waals surface area contributed by atoms with Crippen molar-refractivity contribution in [2.75, 3.05) is 0 Å². The quantitative estimate of drug-likeness (QED) is 0.693. The molecule has 0 aliphatic carbocycles. The number of hydrogen-bond acceptors (Lipinski definition) is 1. The Morgan fingerprint density at radius 3 is 1.36 bits per heavy atom. The van der Waals surface area contributed by atoms with Crippen LogP contribution in [0, 0.1) is 69.5 Å². The third kappa shape index (κ3) is 2.82. The minimum atomic E-state index is -0.197. The average molecular weight is 408 g/mol. The number of halogens is 1. The van der Waals surface area contributed by atoms with E-state index in [4.69, 9.17) is 4.98 Å². The van der Waals surface area contributed by atoms with Crippen LogP contribution in [0.2, 0.25) is 0 Å². The van der Waals surface area contributed by atoms with Gasteiger partial charge >= 0.3 is 21.2 Å². The van der Waals surface area contributed by atoms with E-state index in [0.717, 1.165) is 0 Å². The van der Waals surface area contributed by atoms with E-state index in [9.17, 15) is 0 Å². The summed E-state index contributed by atoms with van der Waals surface area (Å²) in [6, 6.07) is 0. The lowest BCUT2D eigenvalue weighted by molar-refractivity contribution is -0.600. The molecule has 0 amide bonds. The number of hydrogen-bond donors (Lipinski definition) is 0. The lowest BCUT2D eigenvalue weighted by Gasteiger charge is -2.13. The van der Waals surface area contributed by atoms with Crippen molar-refractivity contribution >= 4 is 0 Å². The van der Waals surface area contributed by atoms with Gasteiger partial charge in [-0.15, -0.1) is 0 Å². The molecule has 0 radical (unpaired) electrons. The first-order valence-electron chi connectivity index (χ1n) is 7.83. The first-order valence-corrected chi connectivity index (χ1v) is 9.98. The fourth-order valence-electron chi connectivity index (χ4n) is 2.92. The first kappa shape index (κ1) is 17.5. The van der Waals surface area contributed by atoms with Gasteiger partial charge in [0.25, 0.3) is 0 Å². The van der Waals surface area contributed by atoms with Gasteiger partial charge in [0, 0.05) is 22.4 Å². The van der Waals surface area contributed by atoms with Crippen LogP contribution in [0.4, 0.5) is 0 Å². The molecule has 0 unspecified atom stereocenters. The Morgan fingerprint density at radius 1 is 0.455 bits per heavy atom. The highest BCUT2D eigenvalue weighted by atomic mass is 127. The van der Waals surface area contributed by atoms with Crippen LogP contribution in [0.15, 0.2) is 0 Å². The molecule has 0 aliphatic heterocycles. The number of benzene rings is 1. The Balaban J connectivity index is 2.66. The highest BCUT2D eigenvalue weighted by Crippen LogP contribution is 2.21. The molecule has 0 saturated carbocycles. The zero-order valence-corrected chi connectivity index (χ0v) is 17.5. The molecule has 0 fully saturated rings. The maximum atomic E-state index is 4.78. The Labute approximate surface area is 145 Å². The van der Waals surface area contributed by atoms with Crippen LogP contribution < -0.4 is 21.2 Å². The van der Waals surface area contributed by atoms with Crippen molar-refractivity contribution in [3.8, 4) is 0 Å². The number of aryl methyl sites for hydroxylation is 2. The van der Waals surface area contributed by atoms with Crippen LogP contribution in [-0.2, 0) is 0 Å². The largest absolute Gasteiger partial charge is 0.360 e. The third-order valence-corrected chi connectivity index (χ3v) is 9.47. The summed E-state index contributed by atoms with van der Waals surface area (Å²) in [5.41, 5.74) is 12.6. The fourth-order valence-corrected chi connectivity index (χ4v) is 6.40. The van der Waals surface area contributed by atoms with Crippen molar-refractivity contribution in [1.29, 1.82) is 0 Å². The van der Waals surface area contributed by atoms with Gasteiger partial charge in [0.1, 0.15) is 0 Å². The molecule has 0 saturated heterocycles. The third-order valence-electron chi connectivity index (χ3n) is 5.18. The van der Waals surface area contributed by atoms with Gasteiger partial charge in [-0.25, -0.2) is 0 Å². The molecule has 1 heterocycles. The Kier molecular flexibility index (Phi) is 5.00. The summed E-state index contributed by atoms with van der Waals surface area (Å²) in [6.07, 6.45) is 0. The smallest absolute Gasteiger partial charge is 0.253 e. The summed E-state index contributed by atoms with van der Waals surface area (Å²) in [6.45, 7) is 20.1. The zero-order valence-electron chi connectivity index (χ0n) is 15.3. The summed E-state index contributed by atoms with van der Waals surface area (Å²) >= 11 is -0.197. The predicted molar refractivity (Wildman–Crippen MR) is 90.7 cm³/mol. The SMILES string of the molecule is Cc1nc(C)c([I+]c2c(C)c(C)c(C)c(C)c2C)c(C)c1C. The normalized spacial score (nSPS) is 11.1. The van der Waals surface area contributed by atoms with E-state index in [2.05, 4.69) is 62.3 Å². The molecule has 0 aliphatic rings. The maximum absolute atomic E-state index is 4.78. The Hall–Kier alpha value is -0.900. The van der Waals surface area contributed by atoms with Gasteiger partial charge in [0.05, 0.1) is 5.69 Å². The fraction of sp³-hybridized carbons (Fsp3) is 0.450. The topological polar surface area (TPSA) is 12.9 Å². The number of aromatic nitrogens is 1. The molecule has 1 aromatic carbocycles. The van der Waals surface area contributed by atoms with Crippen molar-refractivity contribution in [3.05, 3.63) is 57.5 Å². The van der Waals surface area contributed by atoms with Crippen LogP contribution in [0.25, 0.3) is 0 Å². The maximum Gasteiger partial charge on any atom is 0.360 e. The van der Waals surface area contributed by atoms with Gasteiger partial charge in [-0.05, 0) is 84.6 Å². The van der Waals surface area contributed by atoms with E-state index in [1.54, 1.807) is 3.57 Å². The molecule has 118 valence electrons. The van der Waals surface area contributed by atoms with E-state index in [1.807, 2.05) is 0 Å². The second-order valence-electron chi connectivity index (χ2n) is 6.38. The van der Waals surface area contributed by atoms with Gasteiger partial charge in [-0.2, -0.15) is 0 Å². The van der Waals surface area contributed by atoms with Gasteiger partial charge < -0.3 is 0 Å². The number of pyridine rings is 1. The molecule has 0 N–H and O–H groups in total. The zero-order chi connectivity index (χ0) is 16.8. The lowest BCUT2D eigenvalue weighted by atomic mass is 9.95. The van der Waals surface area contributed by atoms with Crippen molar-refractivity contribution in [2.24, 2.45) is 0 Å². The van der Waals surface area contributed by atoms with Crippen molar-refractivity contribution in [1.82, 2.24) is 4.98 Å². The van der Waals surface area contributed by atoms with E-state index < -0.39 is 0 Å². The minimum Gasteiger partial charge on any atom is -0.253 e. The predicted octanol–water partition coefficient (Wildman–Crippen LogP) is 1.99. The number of nitrogens with zero attached hydrogens (tertiary/aromatic N) is 1. The van der Waals surface area contributed by atoms with Crippen LogP contribution in [0.5, 0.6) is 0 Å². The molecule has 2 aromatic rings. The standard InChI is InChI=1S/C20H27IN/c1-10-11(2)14(5)19(15(6)12(10)3)21-20-16(7)13(4)17(8)22-18(20)9/h1-9H3/q+1. The van der Waals surface area contributed by atoms with Crippen molar-refractivity contribution in [2.45, 2.75) is 62.3 Å². The summed E-state index contributed by atoms with van der Waals surface area (Å²) < 4.78 is 3.10. The second-order valence-corrected chi connectivity index (χ2v) is 9.08. The molecular weight excluding hydrogens is 381 g/mol. The highest BCUT2D eigenvalue weighted by Gasteiger charge is 2.29. The Morgan fingerprint density at radius 2 is 0.864 bits per heavy atom. The monoisotopic (exact) mass is 408 g/mol. The second kappa shape index (κ2) is 6.31. The average Bonchev–Trinajstić information content (AvgIpc) is 2.48. The molecule has 1 nitrogen and oxygen atoms in total. The molecular formula is C20H27IN+. The van der Waals surface area contributed by atoms with Crippen LogP contribution in [0.1, 0.15) is 50.3 Å². The molecule has 1 aromatic heterocycles. The molecule has 2 rings (SSSR count).